The van der Waals surface area contributed by atoms with E-state index in [0.29, 0.717) is 6.04 Å². The van der Waals surface area contributed by atoms with Gasteiger partial charge in [-0.05, 0) is 35.9 Å². The Balaban J connectivity index is 1.88. The zero-order valence-electron chi connectivity index (χ0n) is 11.0. The van der Waals surface area contributed by atoms with E-state index in [4.69, 9.17) is 4.42 Å². The maximum atomic E-state index is 5.17. The van der Waals surface area contributed by atoms with Crippen molar-refractivity contribution in [1.29, 1.82) is 0 Å². The van der Waals surface area contributed by atoms with Gasteiger partial charge in [0.15, 0.2) is 0 Å². The van der Waals surface area contributed by atoms with Crippen LogP contribution in [0.15, 0.2) is 65.5 Å². The maximum absolute atomic E-state index is 5.17. The molecule has 0 amide bonds. The van der Waals surface area contributed by atoms with Crippen molar-refractivity contribution in [3.05, 3.63) is 72.2 Å². The Kier molecular flexibility index (Phi) is 3.34. The molecule has 0 spiro atoms. The van der Waals surface area contributed by atoms with Gasteiger partial charge < -0.3 is 9.73 Å². The van der Waals surface area contributed by atoms with Crippen molar-refractivity contribution >= 4 is 10.8 Å². The summed E-state index contributed by atoms with van der Waals surface area (Å²) in [6, 6.07) is 17.4. The van der Waals surface area contributed by atoms with E-state index < -0.39 is 0 Å². The van der Waals surface area contributed by atoms with E-state index in [1.165, 1.54) is 21.9 Å². The first-order valence-electron chi connectivity index (χ1n) is 6.54. The number of nitrogens with one attached hydrogen (secondary N) is 1. The minimum absolute atomic E-state index is 0.292. The molecule has 96 valence electrons. The second-order valence-corrected chi connectivity index (χ2v) is 4.78. The molecule has 2 aromatic carbocycles. The molecule has 3 aromatic rings. The smallest absolute Gasteiger partial charge is 0.0950 e. The Morgan fingerprint density at radius 1 is 1.05 bits per heavy atom. The van der Waals surface area contributed by atoms with Crippen molar-refractivity contribution in [3.8, 4) is 0 Å². The first-order valence-corrected chi connectivity index (χ1v) is 6.54. The van der Waals surface area contributed by atoms with Crippen LogP contribution < -0.4 is 5.32 Å². The van der Waals surface area contributed by atoms with E-state index in [9.17, 15) is 0 Å². The number of fused-ring (bicyclic) bond motifs is 1. The van der Waals surface area contributed by atoms with Gasteiger partial charge in [-0.1, -0.05) is 42.5 Å². The number of rotatable bonds is 4. The molecular weight excluding hydrogens is 234 g/mol. The van der Waals surface area contributed by atoms with Crippen LogP contribution in [0.2, 0.25) is 0 Å². The van der Waals surface area contributed by atoms with Gasteiger partial charge in [0.05, 0.1) is 12.5 Å². The van der Waals surface area contributed by atoms with Crippen LogP contribution in [0.5, 0.6) is 0 Å². The SMILES string of the molecule is CNC(Cc1ccc2ccccc2c1)c1ccoc1. The first-order chi connectivity index (χ1) is 9.36. The third-order valence-electron chi connectivity index (χ3n) is 3.55. The highest BCUT2D eigenvalue weighted by Crippen LogP contribution is 2.21. The third kappa shape index (κ3) is 2.54. The molecule has 1 heterocycles. The van der Waals surface area contributed by atoms with Crippen molar-refractivity contribution in [2.45, 2.75) is 12.5 Å². The quantitative estimate of drug-likeness (QED) is 0.760. The summed E-state index contributed by atoms with van der Waals surface area (Å²) in [5.74, 6) is 0. The molecule has 0 radical (unpaired) electrons. The largest absolute Gasteiger partial charge is 0.472 e. The van der Waals surface area contributed by atoms with Crippen molar-refractivity contribution in [2.75, 3.05) is 7.05 Å². The Morgan fingerprint density at radius 2 is 1.89 bits per heavy atom. The molecule has 0 aliphatic rings. The highest BCUT2D eigenvalue weighted by molar-refractivity contribution is 5.83. The van der Waals surface area contributed by atoms with Crippen LogP contribution in [0, 0.1) is 0 Å². The lowest BCUT2D eigenvalue weighted by molar-refractivity contribution is 0.542. The molecule has 3 rings (SSSR count). The average molecular weight is 251 g/mol. The zero-order chi connectivity index (χ0) is 13.1. The number of benzene rings is 2. The molecule has 0 bridgehead atoms. The summed E-state index contributed by atoms with van der Waals surface area (Å²) in [5.41, 5.74) is 2.52. The second-order valence-electron chi connectivity index (χ2n) is 4.78. The van der Waals surface area contributed by atoms with Crippen LogP contribution in [0.3, 0.4) is 0 Å². The molecule has 2 heteroatoms. The third-order valence-corrected chi connectivity index (χ3v) is 3.55. The summed E-state index contributed by atoms with van der Waals surface area (Å²) in [5, 5.41) is 5.92. The van der Waals surface area contributed by atoms with E-state index in [-0.39, 0.29) is 0 Å². The molecule has 0 aliphatic carbocycles. The molecule has 0 fully saturated rings. The summed E-state index contributed by atoms with van der Waals surface area (Å²) < 4.78 is 5.17. The standard InChI is InChI=1S/C17H17NO/c1-18-17(16-8-9-19-12-16)11-13-6-7-14-4-2-3-5-15(14)10-13/h2-10,12,17-18H,11H2,1H3. The van der Waals surface area contributed by atoms with Crippen molar-refractivity contribution < 1.29 is 4.42 Å². The lowest BCUT2D eigenvalue weighted by Crippen LogP contribution is -2.18. The minimum Gasteiger partial charge on any atom is -0.472 e. The molecule has 1 N–H and O–H groups in total. The highest BCUT2D eigenvalue weighted by atomic mass is 16.3. The summed E-state index contributed by atoms with van der Waals surface area (Å²) in [6.07, 6.45) is 4.49. The fraction of sp³-hybridized carbons (Fsp3) is 0.176. The molecule has 1 unspecified atom stereocenters. The molecule has 2 nitrogen and oxygen atoms in total. The van der Waals surface area contributed by atoms with E-state index in [1.807, 2.05) is 19.4 Å². The summed E-state index contributed by atoms with van der Waals surface area (Å²) in [7, 11) is 1.98. The van der Waals surface area contributed by atoms with E-state index in [1.54, 1.807) is 6.26 Å². The maximum Gasteiger partial charge on any atom is 0.0950 e. The van der Waals surface area contributed by atoms with Gasteiger partial charge in [-0.3, -0.25) is 0 Å². The monoisotopic (exact) mass is 251 g/mol. The Labute approximate surface area is 113 Å². The van der Waals surface area contributed by atoms with Gasteiger partial charge in [0.1, 0.15) is 0 Å². The van der Waals surface area contributed by atoms with Crippen molar-refractivity contribution in [1.82, 2.24) is 5.32 Å². The number of hydrogen-bond donors (Lipinski definition) is 1. The Bertz CT molecular complexity index is 658. The van der Waals surface area contributed by atoms with Gasteiger partial charge in [0.25, 0.3) is 0 Å². The minimum atomic E-state index is 0.292. The van der Waals surface area contributed by atoms with Crippen molar-refractivity contribution in [2.24, 2.45) is 0 Å². The molecular formula is C17H17NO. The molecule has 0 aliphatic heterocycles. The average Bonchev–Trinajstić information content (AvgIpc) is 2.98. The predicted octanol–water partition coefficient (Wildman–Crippen LogP) is 3.94. The summed E-state index contributed by atoms with van der Waals surface area (Å²) in [6.45, 7) is 0. The van der Waals surface area contributed by atoms with Gasteiger partial charge >= 0.3 is 0 Å². The van der Waals surface area contributed by atoms with Crippen molar-refractivity contribution in [3.63, 3.8) is 0 Å². The fourth-order valence-corrected chi connectivity index (χ4v) is 2.46. The lowest BCUT2D eigenvalue weighted by atomic mass is 9.99. The lowest BCUT2D eigenvalue weighted by Gasteiger charge is -2.14. The van der Waals surface area contributed by atoms with Crippen LogP contribution in [0.1, 0.15) is 17.2 Å². The van der Waals surface area contributed by atoms with Crippen LogP contribution in [0.25, 0.3) is 10.8 Å². The van der Waals surface area contributed by atoms with Crippen LogP contribution >= 0.6 is 0 Å². The topological polar surface area (TPSA) is 25.2 Å². The summed E-state index contributed by atoms with van der Waals surface area (Å²) in [4.78, 5) is 0. The molecule has 0 saturated heterocycles. The van der Waals surface area contributed by atoms with Crippen LogP contribution in [-0.2, 0) is 6.42 Å². The van der Waals surface area contributed by atoms with Crippen LogP contribution in [0.4, 0.5) is 0 Å². The normalized spacial score (nSPS) is 12.7. The zero-order valence-corrected chi connectivity index (χ0v) is 11.0. The highest BCUT2D eigenvalue weighted by Gasteiger charge is 2.11. The first kappa shape index (κ1) is 12.0. The van der Waals surface area contributed by atoms with E-state index in [2.05, 4.69) is 47.8 Å². The van der Waals surface area contributed by atoms with Gasteiger partial charge in [-0.25, -0.2) is 0 Å². The molecule has 19 heavy (non-hydrogen) atoms. The van der Waals surface area contributed by atoms with Crippen LogP contribution in [-0.4, -0.2) is 7.05 Å². The second kappa shape index (κ2) is 5.29. The van der Waals surface area contributed by atoms with Gasteiger partial charge in [-0.15, -0.1) is 0 Å². The number of likely N-dealkylation sites (N-methyl/N-ethyl adjacent to an activating group) is 1. The number of furan rings is 1. The predicted molar refractivity (Wildman–Crippen MR) is 78.2 cm³/mol. The molecule has 1 aromatic heterocycles. The van der Waals surface area contributed by atoms with E-state index >= 15 is 0 Å². The number of hydrogen-bond acceptors (Lipinski definition) is 2. The van der Waals surface area contributed by atoms with E-state index in [0.717, 1.165) is 6.42 Å². The Hall–Kier alpha value is -2.06. The Morgan fingerprint density at radius 3 is 2.63 bits per heavy atom. The van der Waals surface area contributed by atoms with Gasteiger partial charge in [0, 0.05) is 11.6 Å². The fourth-order valence-electron chi connectivity index (χ4n) is 2.46. The van der Waals surface area contributed by atoms with Gasteiger partial charge in [0.2, 0.25) is 0 Å². The molecule has 1 atom stereocenters. The summed E-state index contributed by atoms with van der Waals surface area (Å²) >= 11 is 0. The van der Waals surface area contributed by atoms with Gasteiger partial charge in [-0.2, -0.15) is 0 Å². The molecule has 0 saturated carbocycles.